The highest BCUT2D eigenvalue weighted by atomic mass is 32.1. The fourth-order valence-corrected chi connectivity index (χ4v) is 4.11. The van der Waals surface area contributed by atoms with Crippen LogP contribution in [0.25, 0.3) is 10.8 Å². The number of nitrogens with one attached hydrogen (secondary N) is 1. The first-order valence-electron chi connectivity index (χ1n) is 9.27. The van der Waals surface area contributed by atoms with Gasteiger partial charge in [-0.2, -0.15) is 10.4 Å². The summed E-state index contributed by atoms with van der Waals surface area (Å²) in [6.07, 6.45) is 4.26. The summed E-state index contributed by atoms with van der Waals surface area (Å²) in [5.74, 6) is 0.634. The van der Waals surface area contributed by atoms with E-state index in [1.807, 2.05) is 42.6 Å². The van der Waals surface area contributed by atoms with E-state index in [1.54, 1.807) is 6.20 Å². The normalized spacial score (nSPS) is 11.4. The van der Waals surface area contributed by atoms with Gasteiger partial charge in [-0.15, -0.1) is 5.10 Å². The van der Waals surface area contributed by atoms with Crippen molar-refractivity contribution in [2.24, 2.45) is 0 Å². The van der Waals surface area contributed by atoms with Crippen LogP contribution in [0.1, 0.15) is 42.6 Å². The molecule has 0 saturated heterocycles. The highest BCUT2D eigenvalue weighted by Gasteiger charge is 2.24. The number of nitriles is 1. The number of fused-ring (bicyclic) bond motifs is 1. The van der Waals surface area contributed by atoms with Gasteiger partial charge in [0, 0.05) is 35.0 Å². The minimum Gasteiger partial charge on any atom is -0.314 e. The van der Waals surface area contributed by atoms with E-state index < -0.39 is 0 Å². The van der Waals surface area contributed by atoms with Gasteiger partial charge in [0.05, 0.1) is 11.4 Å². The number of benzene rings is 1. The molecule has 0 fully saturated rings. The minimum absolute atomic E-state index is 0.206. The molecule has 3 heterocycles. The number of anilines is 2. The zero-order valence-corrected chi connectivity index (χ0v) is 17.3. The average Bonchev–Trinajstić information content (AvgIpc) is 3.14. The molecule has 0 atom stereocenters. The maximum absolute atomic E-state index is 9.47. The van der Waals surface area contributed by atoms with Crippen molar-refractivity contribution in [3.8, 4) is 6.07 Å². The molecule has 0 aliphatic heterocycles. The average molecular weight is 401 g/mol. The Hall–Kier alpha value is -3.37. The second-order valence-electron chi connectivity index (χ2n) is 7.76. The predicted molar refractivity (Wildman–Crippen MR) is 115 cm³/mol. The van der Waals surface area contributed by atoms with Crippen molar-refractivity contribution < 1.29 is 0 Å². The van der Waals surface area contributed by atoms with E-state index in [-0.39, 0.29) is 5.41 Å². The van der Waals surface area contributed by atoms with Crippen LogP contribution >= 0.6 is 11.3 Å². The monoisotopic (exact) mass is 400 g/mol. The van der Waals surface area contributed by atoms with Gasteiger partial charge in [0.25, 0.3) is 0 Å². The molecule has 4 aromatic rings. The van der Waals surface area contributed by atoms with Crippen molar-refractivity contribution in [2.45, 2.75) is 32.6 Å². The summed E-state index contributed by atoms with van der Waals surface area (Å²) in [6.45, 7) is 6.15. The number of hydrogen-bond acceptors (Lipinski definition) is 7. The summed E-state index contributed by atoms with van der Waals surface area (Å²) in [4.78, 5) is 9.45. The zero-order chi connectivity index (χ0) is 20.4. The first kappa shape index (κ1) is 19.0. The maximum Gasteiger partial charge on any atom is 0.189 e. The van der Waals surface area contributed by atoms with Crippen molar-refractivity contribution in [1.29, 1.82) is 5.26 Å². The SMILES string of the molecule is CC(C)(C)c1nc(Nc2nnc(Cc3cccnc3)c3ccccc23)sc1C#N. The summed E-state index contributed by atoms with van der Waals surface area (Å²) >= 11 is 1.34. The predicted octanol–water partition coefficient (Wildman–Crippen LogP) is 4.98. The number of rotatable bonds is 4. The molecule has 0 unspecified atom stereocenters. The topological polar surface area (TPSA) is 87.4 Å². The molecule has 0 spiro atoms. The number of thiazole rings is 1. The quantitative estimate of drug-likeness (QED) is 0.519. The summed E-state index contributed by atoms with van der Waals surface area (Å²) in [7, 11) is 0. The van der Waals surface area contributed by atoms with Gasteiger partial charge < -0.3 is 5.32 Å². The third kappa shape index (κ3) is 3.93. The number of hydrogen-bond donors (Lipinski definition) is 1. The van der Waals surface area contributed by atoms with Gasteiger partial charge in [-0.1, -0.05) is 62.4 Å². The summed E-state index contributed by atoms with van der Waals surface area (Å²) in [5.41, 5.74) is 2.56. The van der Waals surface area contributed by atoms with Gasteiger partial charge in [0.2, 0.25) is 0 Å². The Morgan fingerprint density at radius 1 is 1.07 bits per heavy atom. The van der Waals surface area contributed by atoms with Gasteiger partial charge in [-0.05, 0) is 11.6 Å². The van der Waals surface area contributed by atoms with Gasteiger partial charge in [0.1, 0.15) is 10.9 Å². The van der Waals surface area contributed by atoms with Crippen LogP contribution < -0.4 is 5.32 Å². The molecule has 29 heavy (non-hydrogen) atoms. The Labute approximate surface area is 173 Å². The number of pyridine rings is 1. The summed E-state index contributed by atoms with van der Waals surface area (Å²) < 4.78 is 0. The molecule has 0 aliphatic rings. The molecule has 0 aliphatic carbocycles. The largest absolute Gasteiger partial charge is 0.314 e. The molecule has 1 N–H and O–H groups in total. The van der Waals surface area contributed by atoms with Crippen molar-refractivity contribution >= 4 is 33.1 Å². The second-order valence-corrected chi connectivity index (χ2v) is 8.76. The Bertz CT molecular complexity index is 1200. The van der Waals surface area contributed by atoms with Crippen LogP contribution in [0.4, 0.5) is 10.9 Å². The molecule has 7 heteroatoms. The lowest BCUT2D eigenvalue weighted by molar-refractivity contribution is 0.572. The van der Waals surface area contributed by atoms with Crippen LogP contribution in [0.15, 0.2) is 48.8 Å². The molecule has 1 aromatic carbocycles. The molecule has 0 radical (unpaired) electrons. The van der Waals surface area contributed by atoms with Crippen molar-refractivity contribution in [3.05, 3.63) is 70.6 Å². The lowest BCUT2D eigenvalue weighted by Gasteiger charge is -2.15. The van der Waals surface area contributed by atoms with Crippen LogP contribution in [-0.4, -0.2) is 20.2 Å². The van der Waals surface area contributed by atoms with E-state index in [1.165, 1.54) is 11.3 Å². The third-order valence-electron chi connectivity index (χ3n) is 4.52. The molecular weight excluding hydrogens is 380 g/mol. The first-order chi connectivity index (χ1) is 14.0. The third-order valence-corrected chi connectivity index (χ3v) is 5.40. The summed E-state index contributed by atoms with van der Waals surface area (Å²) in [5, 5.41) is 24.3. The molecule has 4 rings (SSSR count). The van der Waals surface area contributed by atoms with Crippen LogP contribution in [0.5, 0.6) is 0 Å². The van der Waals surface area contributed by atoms with Crippen LogP contribution in [0, 0.1) is 11.3 Å². The fraction of sp³-hybridized carbons (Fsp3) is 0.227. The van der Waals surface area contributed by atoms with Gasteiger partial charge in [-0.25, -0.2) is 4.98 Å². The van der Waals surface area contributed by atoms with E-state index in [0.717, 1.165) is 27.7 Å². The van der Waals surface area contributed by atoms with E-state index >= 15 is 0 Å². The molecule has 0 bridgehead atoms. The molecule has 6 nitrogen and oxygen atoms in total. The lowest BCUT2D eigenvalue weighted by Crippen LogP contribution is -2.13. The highest BCUT2D eigenvalue weighted by Crippen LogP contribution is 2.34. The number of aromatic nitrogens is 4. The van der Waals surface area contributed by atoms with Gasteiger partial charge in [-0.3, -0.25) is 4.98 Å². The Kier molecular flexibility index (Phi) is 4.95. The lowest BCUT2D eigenvalue weighted by atomic mass is 9.91. The summed E-state index contributed by atoms with van der Waals surface area (Å²) in [6, 6.07) is 14.2. The molecule has 3 aromatic heterocycles. The van der Waals surface area contributed by atoms with E-state index in [2.05, 4.69) is 52.3 Å². The molecular formula is C22H20N6S. The molecule has 0 saturated carbocycles. The maximum atomic E-state index is 9.47. The first-order valence-corrected chi connectivity index (χ1v) is 10.1. The highest BCUT2D eigenvalue weighted by molar-refractivity contribution is 7.16. The van der Waals surface area contributed by atoms with Gasteiger partial charge in [0.15, 0.2) is 10.9 Å². The molecule has 144 valence electrons. The van der Waals surface area contributed by atoms with Crippen molar-refractivity contribution in [1.82, 2.24) is 20.2 Å². The zero-order valence-electron chi connectivity index (χ0n) is 16.5. The van der Waals surface area contributed by atoms with Crippen molar-refractivity contribution in [2.75, 3.05) is 5.32 Å². The second kappa shape index (κ2) is 7.57. The standard InChI is InChI=1S/C22H20N6S/c1-22(2,3)19-18(12-23)29-21(25-19)26-20-16-9-5-4-8-15(16)17(27-28-20)11-14-7-6-10-24-13-14/h4-10,13H,11H2,1-3H3,(H,25,26,28). The smallest absolute Gasteiger partial charge is 0.189 e. The van der Waals surface area contributed by atoms with Crippen LogP contribution in [-0.2, 0) is 11.8 Å². The number of nitrogens with zero attached hydrogens (tertiary/aromatic N) is 5. The van der Waals surface area contributed by atoms with E-state index in [4.69, 9.17) is 0 Å². The van der Waals surface area contributed by atoms with E-state index in [0.29, 0.717) is 22.2 Å². The van der Waals surface area contributed by atoms with Crippen LogP contribution in [0.3, 0.4) is 0 Å². The Morgan fingerprint density at radius 3 is 2.52 bits per heavy atom. The fourth-order valence-electron chi connectivity index (χ4n) is 3.14. The van der Waals surface area contributed by atoms with Crippen molar-refractivity contribution in [3.63, 3.8) is 0 Å². The Balaban J connectivity index is 1.72. The minimum atomic E-state index is -0.206. The molecule has 0 amide bonds. The van der Waals surface area contributed by atoms with E-state index in [9.17, 15) is 5.26 Å². The van der Waals surface area contributed by atoms with Gasteiger partial charge >= 0.3 is 0 Å². The van der Waals surface area contributed by atoms with Crippen LogP contribution in [0.2, 0.25) is 0 Å². The Morgan fingerprint density at radius 2 is 1.86 bits per heavy atom.